The van der Waals surface area contributed by atoms with Gasteiger partial charge in [0.2, 0.25) is 0 Å². The van der Waals surface area contributed by atoms with Crippen LogP contribution in [0.3, 0.4) is 0 Å². The average Bonchev–Trinajstić information content (AvgIpc) is 2.52. The van der Waals surface area contributed by atoms with Gasteiger partial charge in [-0.3, -0.25) is 0 Å². The summed E-state index contributed by atoms with van der Waals surface area (Å²) in [4.78, 5) is 0. The van der Waals surface area contributed by atoms with Crippen molar-refractivity contribution in [3.05, 3.63) is 47.8 Å². The summed E-state index contributed by atoms with van der Waals surface area (Å²) >= 11 is 0. The molecule has 21 heavy (non-hydrogen) atoms. The number of methoxy groups -OCH3 is 2. The van der Waals surface area contributed by atoms with Crippen LogP contribution in [-0.2, 0) is 6.54 Å². The van der Waals surface area contributed by atoms with Gasteiger partial charge in [-0.15, -0.1) is 0 Å². The second-order valence-corrected chi connectivity index (χ2v) is 4.65. The average molecular weight is 289 g/mol. The van der Waals surface area contributed by atoms with Crippen LogP contribution in [-0.4, -0.2) is 20.8 Å². The van der Waals surface area contributed by atoms with Gasteiger partial charge in [-0.2, -0.15) is 0 Å². The molecule has 0 fully saturated rings. The molecule has 4 heteroatoms. The van der Waals surface area contributed by atoms with Gasteiger partial charge >= 0.3 is 0 Å². The number of benzene rings is 2. The van der Waals surface area contributed by atoms with E-state index in [1.165, 1.54) is 13.2 Å². The molecule has 0 bridgehead atoms. The van der Waals surface area contributed by atoms with Crippen LogP contribution in [0.5, 0.6) is 11.5 Å². The molecule has 2 aromatic carbocycles. The van der Waals surface area contributed by atoms with Crippen LogP contribution in [0, 0.1) is 5.82 Å². The molecule has 0 amide bonds. The van der Waals surface area contributed by atoms with Gasteiger partial charge in [-0.05, 0) is 47.5 Å². The van der Waals surface area contributed by atoms with Gasteiger partial charge in [0.25, 0.3) is 0 Å². The predicted octanol–water partition coefficient (Wildman–Crippen LogP) is 3.62. The highest BCUT2D eigenvalue weighted by Gasteiger charge is 2.10. The molecule has 0 saturated carbocycles. The third kappa shape index (κ3) is 3.52. The van der Waals surface area contributed by atoms with E-state index >= 15 is 0 Å². The van der Waals surface area contributed by atoms with Crippen LogP contribution in [0.25, 0.3) is 11.1 Å². The zero-order valence-electron chi connectivity index (χ0n) is 12.6. The summed E-state index contributed by atoms with van der Waals surface area (Å²) in [5.74, 6) is 0.682. The SMILES string of the molecule is CCNCc1cc(OC)ccc1-c1ccc(OC)c(F)c1. The highest BCUT2D eigenvalue weighted by atomic mass is 19.1. The zero-order valence-corrected chi connectivity index (χ0v) is 12.6. The predicted molar refractivity (Wildman–Crippen MR) is 82.3 cm³/mol. The Morgan fingerprint density at radius 1 is 1.05 bits per heavy atom. The van der Waals surface area contributed by atoms with Crippen LogP contribution >= 0.6 is 0 Å². The fourth-order valence-corrected chi connectivity index (χ4v) is 2.22. The lowest BCUT2D eigenvalue weighted by Gasteiger charge is -2.13. The van der Waals surface area contributed by atoms with Gasteiger partial charge in [0.1, 0.15) is 5.75 Å². The maximum atomic E-state index is 13.9. The Balaban J connectivity index is 2.43. The topological polar surface area (TPSA) is 30.5 Å². The molecule has 0 saturated heterocycles. The van der Waals surface area contributed by atoms with Crippen molar-refractivity contribution >= 4 is 0 Å². The number of halogens is 1. The minimum atomic E-state index is -0.361. The number of rotatable bonds is 6. The van der Waals surface area contributed by atoms with E-state index in [4.69, 9.17) is 9.47 Å². The number of hydrogen-bond acceptors (Lipinski definition) is 3. The van der Waals surface area contributed by atoms with Gasteiger partial charge in [0, 0.05) is 6.54 Å². The first-order valence-corrected chi connectivity index (χ1v) is 6.91. The molecule has 3 nitrogen and oxygen atoms in total. The largest absolute Gasteiger partial charge is 0.497 e. The molecular formula is C17H20FNO2. The molecule has 0 radical (unpaired) electrons. The van der Waals surface area contributed by atoms with Crippen molar-refractivity contribution < 1.29 is 13.9 Å². The van der Waals surface area contributed by atoms with Crippen molar-refractivity contribution in [2.45, 2.75) is 13.5 Å². The minimum Gasteiger partial charge on any atom is -0.497 e. The van der Waals surface area contributed by atoms with E-state index in [0.29, 0.717) is 6.54 Å². The zero-order chi connectivity index (χ0) is 15.2. The molecule has 2 rings (SSSR count). The first kappa shape index (κ1) is 15.3. The first-order chi connectivity index (χ1) is 10.2. The summed E-state index contributed by atoms with van der Waals surface area (Å²) in [5, 5.41) is 3.29. The Kier molecular flexibility index (Phi) is 5.17. The maximum absolute atomic E-state index is 13.9. The molecule has 0 spiro atoms. The number of ether oxygens (including phenoxy) is 2. The summed E-state index contributed by atoms with van der Waals surface area (Å²) in [6, 6.07) is 10.8. The van der Waals surface area contributed by atoms with Crippen molar-refractivity contribution in [2.75, 3.05) is 20.8 Å². The van der Waals surface area contributed by atoms with Crippen LogP contribution < -0.4 is 14.8 Å². The third-order valence-electron chi connectivity index (χ3n) is 3.34. The maximum Gasteiger partial charge on any atom is 0.165 e. The summed E-state index contributed by atoms with van der Waals surface area (Å²) in [6.07, 6.45) is 0. The second kappa shape index (κ2) is 7.09. The quantitative estimate of drug-likeness (QED) is 0.881. The highest BCUT2D eigenvalue weighted by molar-refractivity contribution is 5.69. The van der Waals surface area contributed by atoms with Crippen LogP contribution in [0.2, 0.25) is 0 Å². The van der Waals surface area contributed by atoms with Gasteiger partial charge in [0.05, 0.1) is 14.2 Å². The van der Waals surface area contributed by atoms with Gasteiger partial charge in [-0.25, -0.2) is 4.39 Å². The van der Waals surface area contributed by atoms with Gasteiger partial charge in [0.15, 0.2) is 11.6 Å². The van der Waals surface area contributed by atoms with Crippen LogP contribution in [0.4, 0.5) is 4.39 Å². The minimum absolute atomic E-state index is 0.250. The van der Waals surface area contributed by atoms with Crippen LogP contribution in [0.1, 0.15) is 12.5 Å². The van der Waals surface area contributed by atoms with Gasteiger partial charge < -0.3 is 14.8 Å². The molecule has 2 aromatic rings. The van der Waals surface area contributed by atoms with Crippen molar-refractivity contribution in [1.82, 2.24) is 5.32 Å². The summed E-state index contributed by atoms with van der Waals surface area (Å²) in [5.41, 5.74) is 2.88. The fourth-order valence-electron chi connectivity index (χ4n) is 2.22. The van der Waals surface area contributed by atoms with E-state index in [1.54, 1.807) is 13.2 Å². The smallest absolute Gasteiger partial charge is 0.165 e. The van der Waals surface area contributed by atoms with Crippen molar-refractivity contribution in [3.8, 4) is 22.6 Å². The Labute approximate surface area is 124 Å². The molecule has 0 aliphatic carbocycles. The lowest BCUT2D eigenvalue weighted by molar-refractivity contribution is 0.386. The molecular weight excluding hydrogens is 269 g/mol. The number of hydrogen-bond donors (Lipinski definition) is 1. The Bertz CT molecular complexity index is 614. The van der Waals surface area contributed by atoms with E-state index in [9.17, 15) is 4.39 Å². The molecule has 1 N–H and O–H groups in total. The molecule has 0 aromatic heterocycles. The molecule has 0 atom stereocenters. The van der Waals surface area contributed by atoms with E-state index in [-0.39, 0.29) is 11.6 Å². The Morgan fingerprint density at radius 2 is 1.86 bits per heavy atom. The van der Waals surface area contributed by atoms with Gasteiger partial charge in [-0.1, -0.05) is 19.1 Å². The second-order valence-electron chi connectivity index (χ2n) is 4.65. The third-order valence-corrected chi connectivity index (χ3v) is 3.34. The monoisotopic (exact) mass is 289 g/mol. The summed E-state index contributed by atoms with van der Waals surface area (Å²) in [7, 11) is 3.10. The molecule has 0 unspecified atom stereocenters. The molecule has 0 heterocycles. The first-order valence-electron chi connectivity index (χ1n) is 6.91. The summed E-state index contributed by atoms with van der Waals surface area (Å²) in [6.45, 7) is 3.62. The Hall–Kier alpha value is -2.07. The summed E-state index contributed by atoms with van der Waals surface area (Å²) < 4.78 is 24.1. The normalized spacial score (nSPS) is 10.5. The van der Waals surface area contributed by atoms with Crippen LogP contribution in [0.15, 0.2) is 36.4 Å². The molecule has 0 aliphatic rings. The van der Waals surface area contributed by atoms with E-state index < -0.39 is 0 Å². The van der Waals surface area contributed by atoms with Crippen molar-refractivity contribution in [1.29, 1.82) is 0 Å². The van der Waals surface area contributed by atoms with Crippen molar-refractivity contribution in [3.63, 3.8) is 0 Å². The standard InChI is InChI=1S/C17H20FNO2/c1-4-19-11-13-9-14(20-2)6-7-15(13)12-5-8-17(21-3)16(18)10-12/h5-10,19H,4,11H2,1-3H3. The Morgan fingerprint density at radius 3 is 2.48 bits per heavy atom. The van der Waals surface area contributed by atoms with Crippen molar-refractivity contribution in [2.24, 2.45) is 0 Å². The van der Waals surface area contributed by atoms with E-state index in [1.807, 2.05) is 31.2 Å². The lowest BCUT2D eigenvalue weighted by Crippen LogP contribution is -2.12. The lowest BCUT2D eigenvalue weighted by atomic mass is 9.99. The highest BCUT2D eigenvalue weighted by Crippen LogP contribution is 2.30. The number of nitrogens with one attached hydrogen (secondary N) is 1. The molecule has 0 aliphatic heterocycles. The fraction of sp³-hybridized carbons (Fsp3) is 0.294. The molecule has 112 valence electrons. The van der Waals surface area contributed by atoms with E-state index in [0.717, 1.165) is 29.0 Å². The van der Waals surface area contributed by atoms with E-state index in [2.05, 4.69) is 5.32 Å².